The maximum absolute atomic E-state index is 11.3. The van der Waals surface area contributed by atoms with Crippen LogP contribution in [0.25, 0.3) is 10.4 Å². The third kappa shape index (κ3) is 9.35. The molecule has 2 rings (SSSR count). The van der Waals surface area contributed by atoms with Gasteiger partial charge in [-0.1, -0.05) is 0 Å². The third-order valence-corrected chi connectivity index (χ3v) is 6.17. The van der Waals surface area contributed by atoms with Crippen LogP contribution in [0.1, 0.15) is 25.1 Å². The van der Waals surface area contributed by atoms with Crippen LogP contribution in [0.4, 0.5) is 0 Å². The molecule has 6 nitrogen and oxygen atoms in total. The highest BCUT2D eigenvalue weighted by atomic mass is 127. The van der Waals surface area contributed by atoms with Gasteiger partial charge >= 0.3 is 0 Å². The zero-order valence-electron chi connectivity index (χ0n) is 17.3. The lowest BCUT2D eigenvalue weighted by Crippen LogP contribution is -2.42. The Morgan fingerprint density at radius 1 is 1.21 bits per heavy atom. The number of hydrogen-bond acceptors (Lipinski definition) is 5. The summed E-state index contributed by atoms with van der Waals surface area (Å²) in [5.74, 6) is 1.70. The van der Waals surface area contributed by atoms with E-state index in [1.54, 1.807) is 18.4 Å². The highest BCUT2D eigenvalue weighted by Crippen LogP contribution is 2.29. The van der Waals surface area contributed by atoms with E-state index in [0.29, 0.717) is 18.9 Å². The van der Waals surface area contributed by atoms with Gasteiger partial charge in [0.2, 0.25) is 0 Å². The number of ether oxygens (including phenoxy) is 1. The van der Waals surface area contributed by atoms with Crippen LogP contribution in [0.15, 0.2) is 41.4 Å². The van der Waals surface area contributed by atoms with Gasteiger partial charge in [-0.3, -0.25) is 0 Å². The first kappa shape index (κ1) is 25.7. The van der Waals surface area contributed by atoms with Crippen LogP contribution in [0.5, 0.6) is 5.75 Å². The summed E-state index contributed by atoms with van der Waals surface area (Å²) in [6.07, 6.45) is 1.81. The number of thiophene rings is 1. The summed E-state index contributed by atoms with van der Waals surface area (Å²) in [5.41, 5.74) is 1.15. The number of hydrogen-bond donors (Lipinski definition) is 2. The molecule has 1 heterocycles. The van der Waals surface area contributed by atoms with Gasteiger partial charge in [0.05, 0.1) is 19.4 Å². The van der Waals surface area contributed by atoms with Gasteiger partial charge in [-0.2, -0.15) is 0 Å². The molecule has 0 fully saturated rings. The standard InChI is InChI=1S/C20H29N3O3S2.HI/c1-5-21-20(23-15(2)12-13-28(4,24)25)22-14-18-10-11-19(27-18)16-6-8-17(26-3)9-7-16;/h6-11,15H,5,12-14H2,1-4H3,(H2,21,22,23);1H. The number of halogens is 1. The lowest BCUT2D eigenvalue weighted by Gasteiger charge is -2.17. The molecule has 0 aliphatic rings. The van der Waals surface area contributed by atoms with Crippen LogP contribution in [0.3, 0.4) is 0 Å². The van der Waals surface area contributed by atoms with Crippen LogP contribution in [0, 0.1) is 0 Å². The van der Waals surface area contributed by atoms with E-state index >= 15 is 0 Å². The molecule has 0 bridgehead atoms. The van der Waals surface area contributed by atoms with Gasteiger partial charge in [-0.05, 0) is 62.2 Å². The second kappa shape index (κ2) is 12.4. The summed E-state index contributed by atoms with van der Waals surface area (Å²) in [7, 11) is -1.30. The Balaban J connectivity index is 0.00000420. The number of sulfone groups is 1. The molecule has 162 valence electrons. The number of nitrogens with zero attached hydrogens (tertiary/aromatic N) is 1. The molecule has 2 N–H and O–H groups in total. The van der Waals surface area contributed by atoms with Gasteiger partial charge < -0.3 is 15.4 Å². The van der Waals surface area contributed by atoms with Gasteiger partial charge in [-0.25, -0.2) is 13.4 Å². The zero-order valence-corrected chi connectivity index (χ0v) is 21.2. The summed E-state index contributed by atoms with van der Waals surface area (Å²) in [5, 5.41) is 6.49. The Kier molecular flexibility index (Phi) is 11.0. The molecule has 1 aromatic heterocycles. The minimum absolute atomic E-state index is 0. The average molecular weight is 552 g/mol. The van der Waals surface area contributed by atoms with Gasteiger partial charge in [0.1, 0.15) is 15.6 Å². The molecule has 0 saturated heterocycles. The van der Waals surface area contributed by atoms with E-state index in [0.717, 1.165) is 22.7 Å². The largest absolute Gasteiger partial charge is 0.497 e. The second-order valence-electron chi connectivity index (χ2n) is 6.65. The van der Waals surface area contributed by atoms with Crippen molar-refractivity contribution in [3.63, 3.8) is 0 Å². The Morgan fingerprint density at radius 2 is 1.90 bits per heavy atom. The first-order valence-electron chi connectivity index (χ1n) is 9.26. The van der Waals surface area contributed by atoms with Crippen LogP contribution < -0.4 is 15.4 Å². The van der Waals surface area contributed by atoms with Crippen molar-refractivity contribution in [2.45, 2.75) is 32.9 Å². The second-order valence-corrected chi connectivity index (χ2v) is 10.1. The van der Waals surface area contributed by atoms with Gasteiger partial charge in [0.15, 0.2) is 5.96 Å². The molecule has 0 aliphatic heterocycles. The molecule has 0 radical (unpaired) electrons. The van der Waals surface area contributed by atoms with Crippen LogP contribution in [0.2, 0.25) is 0 Å². The summed E-state index contributed by atoms with van der Waals surface area (Å²) in [4.78, 5) is 6.98. The van der Waals surface area contributed by atoms with Gasteiger partial charge in [0.25, 0.3) is 0 Å². The van der Waals surface area contributed by atoms with E-state index in [-0.39, 0.29) is 35.8 Å². The van der Waals surface area contributed by atoms with E-state index in [4.69, 9.17) is 4.74 Å². The van der Waals surface area contributed by atoms with Crippen molar-refractivity contribution in [1.82, 2.24) is 10.6 Å². The SMILES string of the molecule is CCNC(=NCc1ccc(-c2ccc(OC)cc2)s1)NC(C)CCS(C)(=O)=O.I. The van der Waals surface area contributed by atoms with Crippen molar-refractivity contribution in [2.75, 3.05) is 25.7 Å². The predicted octanol–water partition coefficient (Wildman–Crippen LogP) is 3.92. The topological polar surface area (TPSA) is 79.8 Å². The monoisotopic (exact) mass is 551 g/mol. The first-order chi connectivity index (χ1) is 13.3. The molecule has 0 amide bonds. The molecule has 0 saturated carbocycles. The van der Waals surface area contributed by atoms with Crippen molar-refractivity contribution < 1.29 is 13.2 Å². The third-order valence-electron chi connectivity index (χ3n) is 4.08. The van der Waals surface area contributed by atoms with Gasteiger partial charge in [0, 0.05) is 28.6 Å². The molecular weight excluding hydrogens is 521 g/mol. The number of aliphatic imine (C=N–C) groups is 1. The molecule has 0 spiro atoms. The van der Waals surface area contributed by atoms with E-state index in [1.807, 2.05) is 38.1 Å². The average Bonchev–Trinajstić information content (AvgIpc) is 3.13. The lowest BCUT2D eigenvalue weighted by molar-refractivity contribution is 0.415. The number of guanidine groups is 1. The molecule has 9 heteroatoms. The van der Waals surface area contributed by atoms with E-state index in [9.17, 15) is 8.42 Å². The van der Waals surface area contributed by atoms with Crippen molar-refractivity contribution in [3.05, 3.63) is 41.3 Å². The fourth-order valence-corrected chi connectivity index (χ4v) is 4.27. The maximum atomic E-state index is 11.3. The van der Waals surface area contributed by atoms with E-state index in [1.165, 1.54) is 11.1 Å². The normalized spacial score (nSPS) is 12.8. The van der Waals surface area contributed by atoms with Crippen molar-refractivity contribution >= 4 is 51.1 Å². The molecule has 0 aliphatic carbocycles. The van der Waals surface area contributed by atoms with E-state index in [2.05, 4.69) is 27.8 Å². The predicted molar refractivity (Wildman–Crippen MR) is 133 cm³/mol. The van der Waals surface area contributed by atoms with Crippen LogP contribution >= 0.6 is 35.3 Å². The summed E-state index contributed by atoms with van der Waals surface area (Å²) < 4.78 is 27.9. The Morgan fingerprint density at radius 3 is 2.48 bits per heavy atom. The van der Waals surface area contributed by atoms with E-state index < -0.39 is 9.84 Å². The van der Waals surface area contributed by atoms with Crippen LogP contribution in [-0.2, 0) is 16.4 Å². The lowest BCUT2D eigenvalue weighted by atomic mass is 10.2. The molecule has 1 unspecified atom stereocenters. The van der Waals surface area contributed by atoms with Crippen molar-refractivity contribution in [3.8, 4) is 16.2 Å². The number of nitrogens with one attached hydrogen (secondary N) is 2. The molecule has 1 atom stereocenters. The van der Waals surface area contributed by atoms with Gasteiger partial charge in [-0.15, -0.1) is 35.3 Å². The Bertz CT molecular complexity index is 881. The molecule has 1 aromatic carbocycles. The molecule has 29 heavy (non-hydrogen) atoms. The summed E-state index contributed by atoms with van der Waals surface area (Å²) >= 11 is 1.71. The Hall–Kier alpha value is -1.33. The minimum atomic E-state index is -2.96. The summed E-state index contributed by atoms with van der Waals surface area (Å²) in [6, 6.07) is 12.2. The number of rotatable bonds is 9. The van der Waals surface area contributed by atoms with Crippen molar-refractivity contribution in [2.24, 2.45) is 4.99 Å². The highest BCUT2D eigenvalue weighted by Gasteiger charge is 2.10. The smallest absolute Gasteiger partial charge is 0.191 e. The Labute approximate surface area is 195 Å². The number of benzene rings is 1. The zero-order chi connectivity index (χ0) is 20.6. The number of methoxy groups -OCH3 is 1. The van der Waals surface area contributed by atoms with Crippen molar-refractivity contribution in [1.29, 1.82) is 0 Å². The molecule has 2 aromatic rings. The first-order valence-corrected chi connectivity index (χ1v) is 12.1. The fourth-order valence-electron chi connectivity index (χ4n) is 2.55. The highest BCUT2D eigenvalue weighted by molar-refractivity contribution is 14.0. The maximum Gasteiger partial charge on any atom is 0.191 e. The van der Waals surface area contributed by atoms with Crippen LogP contribution in [-0.4, -0.2) is 46.1 Å². The minimum Gasteiger partial charge on any atom is -0.497 e. The summed E-state index contributed by atoms with van der Waals surface area (Å²) in [6.45, 7) is 5.28. The molecular formula is C20H30IN3O3S2. The fraction of sp³-hybridized carbons (Fsp3) is 0.450. The quantitative estimate of drug-likeness (QED) is 0.281.